The summed E-state index contributed by atoms with van der Waals surface area (Å²) in [5, 5.41) is 10.1. The van der Waals surface area contributed by atoms with Crippen molar-refractivity contribution in [2.75, 3.05) is 18.0 Å². The van der Waals surface area contributed by atoms with Gasteiger partial charge in [-0.25, -0.2) is 14.4 Å². The van der Waals surface area contributed by atoms with Crippen molar-refractivity contribution in [3.8, 4) is 22.9 Å². The average molecular weight is 547 g/mol. The van der Waals surface area contributed by atoms with E-state index in [0.29, 0.717) is 30.5 Å². The monoisotopic (exact) mass is 546 g/mol. The van der Waals surface area contributed by atoms with Crippen LogP contribution in [0.1, 0.15) is 53.4 Å². The molecule has 41 heavy (non-hydrogen) atoms. The van der Waals surface area contributed by atoms with Crippen molar-refractivity contribution in [3.05, 3.63) is 106 Å². The summed E-state index contributed by atoms with van der Waals surface area (Å²) in [5.74, 6) is 1.82. The Bertz CT molecular complexity index is 1600. The van der Waals surface area contributed by atoms with Gasteiger partial charge in [0.1, 0.15) is 18.2 Å². The third kappa shape index (κ3) is 5.29. The molecule has 2 aliphatic rings. The predicted molar refractivity (Wildman–Crippen MR) is 159 cm³/mol. The summed E-state index contributed by atoms with van der Waals surface area (Å²) in [4.78, 5) is 11.9. The van der Waals surface area contributed by atoms with Crippen LogP contribution in [0.3, 0.4) is 0 Å². The van der Waals surface area contributed by atoms with Crippen LogP contribution in [0.15, 0.2) is 66.7 Å². The van der Waals surface area contributed by atoms with E-state index in [-0.39, 0.29) is 12.4 Å². The molecule has 208 valence electrons. The summed E-state index contributed by atoms with van der Waals surface area (Å²) < 4.78 is 20.9. The lowest BCUT2D eigenvalue weighted by Gasteiger charge is -2.37. The SMILES string of the molecule is Cc1nc(N2CCC(C#N)(c3ccccc3)CC2)nc(C)c1-c1ccc(F)c(COc2ccc3c(c2)CC(C)C3)c1. The quantitative estimate of drug-likeness (QED) is 0.254. The number of nitriles is 1. The summed E-state index contributed by atoms with van der Waals surface area (Å²) in [5.41, 5.74) is 7.30. The van der Waals surface area contributed by atoms with E-state index in [1.807, 2.05) is 56.3 Å². The van der Waals surface area contributed by atoms with Crippen LogP contribution in [0.4, 0.5) is 10.3 Å². The number of anilines is 1. The maximum atomic E-state index is 14.8. The normalized spacial score (nSPS) is 17.6. The van der Waals surface area contributed by atoms with Crippen molar-refractivity contribution in [1.82, 2.24) is 9.97 Å². The van der Waals surface area contributed by atoms with Gasteiger partial charge in [-0.2, -0.15) is 5.26 Å². The molecule has 1 saturated heterocycles. The number of rotatable bonds is 6. The van der Waals surface area contributed by atoms with Crippen molar-refractivity contribution in [1.29, 1.82) is 5.26 Å². The molecule has 4 aromatic rings. The van der Waals surface area contributed by atoms with Gasteiger partial charge >= 0.3 is 0 Å². The highest BCUT2D eigenvalue weighted by Gasteiger charge is 2.37. The molecule has 0 radical (unpaired) electrons. The maximum absolute atomic E-state index is 14.8. The molecule has 6 heteroatoms. The lowest BCUT2D eigenvalue weighted by atomic mass is 9.74. The van der Waals surface area contributed by atoms with Crippen molar-refractivity contribution in [2.45, 2.75) is 58.5 Å². The van der Waals surface area contributed by atoms with E-state index >= 15 is 0 Å². The van der Waals surface area contributed by atoms with Gasteiger partial charge in [-0.15, -0.1) is 0 Å². The minimum Gasteiger partial charge on any atom is -0.489 e. The van der Waals surface area contributed by atoms with Crippen LogP contribution in [0.2, 0.25) is 0 Å². The van der Waals surface area contributed by atoms with Gasteiger partial charge in [0.2, 0.25) is 5.95 Å². The second kappa shape index (κ2) is 11.0. The lowest BCUT2D eigenvalue weighted by Crippen LogP contribution is -2.42. The summed E-state index contributed by atoms with van der Waals surface area (Å²) in [6.45, 7) is 7.79. The number of aryl methyl sites for hydroxylation is 2. The Hall–Kier alpha value is -4.24. The second-order valence-electron chi connectivity index (χ2n) is 11.7. The molecule has 1 unspecified atom stereocenters. The molecule has 3 aromatic carbocycles. The zero-order chi connectivity index (χ0) is 28.6. The maximum Gasteiger partial charge on any atom is 0.225 e. The minimum atomic E-state index is -0.480. The number of piperidine rings is 1. The fourth-order valence-corrected chi connectivity index (χ4v) is 6.47. The first-order chi connectivity index (χ1) is 19.8. The number of fused-ring (bicyclic) bond motifs is 1. The van der Waals surface area contributed by atoms with E-state index in [4.69, 9.17) is 14.7 Å². The smallest absolute Gasteiger partial charge is 0.225 e. The Morgan fingerprint density at radius 1 is 0.951 bits per heavy atom. The molecule has 0 bridgehead atoms. The molecule has 1 aromatic heterocycles. The third-order valence-electron chi connectivity index (χ3n) is 8.74. The first-order valence-corrected chi connectivity index (χ1v) is 14.5. The first kappa shape index (κ1) is 27.0. The van der Waals surface area contributed by atoms with Crippen LogP contribution in [-0.2, 0) is 24.9 Å². The Labute approximate surface area is 241 Å². The molecule has 1 aliphatic carbocycles. The second-order valence-corrected chi connectivity index (χ2v) is 11.7. The van der Waals surface area contributed by atoms with E-state index in [2.05, 4.69) is 30.0 Å². The van der Waals surface area contributed by atoms with Crippen molar-refractivity contribution < 1.29 is 9.13 Å². The Morgan fingerprint density at radius 2 is 1.66 bits per heavy atom. The molecule has 0 N–H and O–H groups in total. The summed E-state index contributed by atoms with van der Waals surface area (Å²) in [6, 6.07) is 24.0. The van der Waals surface area contributed by atoms with Crippen LogP contribution in [0.5, 0.6) is 5.75 Å². The average Bonchev–Trinajstić information content (AvgIpc) is 3.36. The fraction of sp³-hybridized carbons (Fsp3) is 0.343. The highest BCUT2D eigenvalue weighted by atomic mass is 19.1. The number of nitrogens with zero attached hydrogens (tertiary/aromatic N) is 4. The topological polar surface area (TPSA) is 62.0 Å². The van der Waals surface area contributed by atoms with Crippen LogP contribution in [-0.4, -0.2) is 23.1 Å². The van der Waals surface area contributed by atoms with Crippen LogP contribution >= 0.6 is 0 Å². The Kier molecular flexibility index (Phi) is 7.21. The van der Waals surface area contributed by atoms with Gasteiger partial charge in [0, 0.05) is 24.2 Å². The van der Waals surface area contributed by atoms with Gasteiger partial charge < -0.3 is 9.64 Å². The van der Waals surface area contributed by atoms with Gasteiger partial charge in [0.05, 0.1) is 22.9 Å². The minimum absolute atomic E-state index is 0.154. The van der Waals surface area contributed by atoms with E-state index in [1.54, 1.807) is 6.07 Å². The molecular formula is C35H35FN4O. The lowest BCUT2D eigenvalue weighted by molar-refractivity contribution is 0.299. The molecule has 2 heterocycles. The molecule has 6 rings (SSSR count). The number of ether oxygens (including phenoxy) is 1. The highest BCUT2D eigenvalue weighted by Crippen LogP contribution is 2.37. The standard InChI is InChI=1S/C35H35FN4O/c1-23-17-26-9-11-31(20-28(26)18-23)41-21-29-19-27(10-12-32(29)36)33-24(2)38-34(39-25(33)3)40-15-13-35(22-37,14-16-40)30-7-5-4-6-8-30/h4-12,19-20,23H,13-18,21H2,1-3H3. The summed E-state index contributed by atoms with van der Waals surface area (Å²) in [6.07, 6.45) is 3.62. The van der Waals surface area contributed by atoms with Crippen molar-refractivity contribution >= 4 is 5.95 Å². The van der Waals surface area contributed by atoms with Gasteiger partial charge in [0.15, 0.2) is 0 Å². The van der Waals surface area contributed by atoms with Crippen molar-refractivity contribution in [3.63, 3.8) is 0 Å². The number of hydrogen-bond donors (Lipinski definition) is 0. The van der Waals surface area contributed by atoms with E-state index in [1.165, 1.54) is 17.2 Å². The molecule has 1 fully saturated rings. The molecular weight excluding hydrogens is 511 g/mol. The zero-order valence-corrected chi connectivity index (χ0v) is 24.0. The third-order valence-corrected chi connectivity index (χ3v) is 8.74. The van der Waals surface area contributed by atoms with E-state index in [0.717, 1.165) is 59.5 Å². The van der Waals surface area contributed by atoms with E-state index in [9.17, 15) is 9.65 Å². The van der Waals surface area contributed by atoms with E-state index < -0.39 is 5.41 Å². The number of hydrogen-bond acceptors (Lipinski definition) is 5. The molecule has 0 saturated carbocycles. The predicted octanol–water partition coefficient (Wildman–Crippen LogP) is 7.28. The van der Waals surface area contributed by atoms with Gasteiger partial charge in [0.25, 0.3) is 0 Å². The number of benzene rings is 3. The first-order valence-electron chi connectivity index (χ1n) is 14.5. The molecule has 0 spiro atoms. The van der Waals surface area contributed by atoms with Crippen molar-refractivity contribution in [2.24, 2.45) is 5.92 Å². The Balaban J connectivity index is 1.19. The van der Waals surface area contributed by atoms with Gasteiger partial charge in [-0.05, 0) is 92.0 Å². The molecule has 5 nitrogen and oxygen atoms in total. The van der Waals surface area contributed by atoms with Gasteiger partial charge in [-0.3, -0.25) is 0 Å². The molecule has 1 atom stereocenters. The highest BCUT2D eigenvalue weighted by molar-refractivity contribution is 5.69. The summed E-state index contributed by atoms with van der Waals surface area (Å²) >= 11 is 0. The van der Waals surface area contributed by atoms with Crippen LogP contribution in [0, 0.1) is 36.9 Å². The number of halogens is 1. The zero-order valence-electron chi connectivity index (χ0n) is 24.0. The fourth-order valence-electron chi connectivity index (χ4n) is 6.47. The molecule has 0 amide bonds. The van der Waals surface area contributed by atoms with Crippen LogP contribution < -0.4 is 9.64 Å². The molecule has 1 aliphatic heterocycles. The summed E-state index contributed by atoms with van der Waals surface area (Å²) in [7, 11) is 0. The largest absolute Gasteiger partial charge is 0.489 e. The van der Waals surface area contributed by atoms with Crippen LogP contribution in [0.25, 0.3) is 11.1 Å². The Morgan fingerprint density at radius 3 is 2.37 bits per heavy atom. The van der Waals surface area contributed by atoms with Gasteiger partial charge in [-0.1, -0.05) is 49.4 Å². The number of aromatic nitrogens is 2.